The van der Waals surface area contributed by atoms with Crippen molar-refractivity contribution in [3.05, 3.63) is 95.1 Å². The first-order valence-electron chi connectivity index (χ1n) is 12.1. The van der Waals surface area contributed by atoms with Crippen molar-refractivity contribution < 1.29 is 78.6 Å². The van der Waals surface area contributed by atoms with Crippen molar-refractivity contribution in [1.82, 2.24) is 16.0 Å². The van der Waals surface area contributed by atoms with Gasteiger partial charge in [0, 0.05) is 61.5 Å². The first-order chi connectivity index (χ1) is 18.1. The van der Waals surface area contributed by atoms with E-state index >= 15 is 0 Å². The summed E-state index contributed by atoms with van der Waals surface area (Å²) in [5, 5.41) is 31.0. The predicted molar refractivity (Wildman–Crippen MR) is 159 cm³/mol. The van der Waals surface area contributed by atoms with Crippen LogP contribution in [0.3, 0.4) is 0 Å². The van der Waals surface area contributed by atoms with E-state index in [1.807, 2.05) is 36.4 Å². The van der Waals surface area contributed by atoms with E-state index in [-0.39, 0.29) is 60.5 Å². The van der Waals surface area contributed by atoms with Gasteiger partial charge in [-0.25, -0.2) is 0 Å². The van der Waals surface area contributed by atoms with E-state index in [1.54, 1.807) is 0 Å². The molecule has 1 aliphatic rings. The molecule has 3 aromatic carbocycles. The summed E-state index contributed by atoms with van der Waals surface area (Å²) in [5.74, 6) is -1.19. The second kappa shape index (κ2) is 28.1. The molecule has 3 aromatic rings. The van der Waals surface area contributed by atoms with E-state index in [9.17, 15) is 19.8 Å². The summed E-state index contributed by atoms with van der Waals surface area (Å²) < 4.78 is 11.9. The van der Waals surface area contributed by atoms with Crippen LogP contribution in [-0.2, 0) is 40.5 Å². The van der Waals surface area contributed by atoms with E-state index in [2.05, 4.69) is 28.1 Å². The quantitative estimate of drug-likeness (QED) is 0.173. The Balaban J connectivity index is -0.000000233. The number of nitrogens with one attached hydrogen (secondary N) is 3. The summed E-state index contributed by atoms with van der Waals surface area (Å²) in [6, 6.07) is 21.5. The normalized spacial score (nSPS) is 12.4. The molecule has 15 nitrogen and oxygen atoms in total. The Kier molecular flexibility index (Phi) is 31.9. The number of ether oxygens (including phenoxy) is 2. The Morgan fingerprint density at radius 3 is 1.23 bits per heavy atom. The summed E-state index contributed by atoms with van der Waals surface area (Å²) in [6.07, 6.45) is 0. The number of fused-ring (bicyclic) bond motifs is 2. The first-order valence-corrected chi connectivity index (χ1v) is 12.1. The third kappa shape index (κ3) is 16.8. The molecule has 0 atom stereocenters. The van der Waals surface area contributed by atoms with Gasteiger partial charge >= 0.3 is 16.5 Å². The standard InChI is InChI=1S/C20H27N3O2.C8H6O4.Ni.6H2O/c1-3-7-19-17(5-1)15-22-11-9-21-10-12-23-16-18-6-2-4-8-20(18)25-14-13-24-19;9-7(10)5-3-1-2-4-6(5)8(11)12;;;;;;;/h1-8,21-23H,9-16H2;1-4H,(H,9,10)(H,11,12);;6*1H2/q;;+2;;;;;;. The van der Waals surface area contributed by atoms with Gasteiger partial charge in [-0.3, -0.25) is 0 Å². The molecule has 16 heteroatoms. The van der Waals surface area contributed by atoms with Crippen molar-refractivity contribution >= 4 is 11.9 Å². The number of carboxylic acid groups (broad SMARTS) is 2. The molecule has 0 amide bonds. The van der Waals surface area contributed by atoms with E-state index in [4.69, 9.17) is 9.47 Å². The van der Waals surface area contributed by atoms with Crippen LogP contribution < -0.4 is 35.6 Å². The summed E-state index contributed by atoms with van der Waals surface area (Å²) in [5.41, 5.74) is 1.62. The number of hydrogen-bond donors (Lipinski definition) is 3. The maximum Gasteiger partial charge on any atom is 2.00 e. The molecule has 1 heterocycles. The molecule has 44 heavy (non-hydrogen) atoms. The SMILES string of the molecule is O.O.O.O.O=C([O-])c1ccccc1C(=O)[O-].[Ni+2].[OH3+].[OH3+].c1ccc2c(c1)CNCCNCCNCc1ccccc1OCCO2. The van der Waals surface area contributed by atoms with Gasteiger partial charge in [-0.2, -0.15) is 0 Å². The summed E-state index contributed by atoms with van der Waals surface area (Å²) in [6.45, 7) is 6.43. The van der Waals surface area contributed by atoms with Crippen molar-refractivity contribution in [2.75, 3.05) is 39.4 Å². The molecule has 0 saturated carbocycles. The number of benzene rings is 3. The molecular weight excluding hydrogens is 629 g/mol. The molecule has 0 aromatic heterocycles. The molecular formula is C28H45N3NiO12+2. The third-order valence-corrected chi connectivity index (χ3v) is 5.50. The van der Waals surface area contributed by atoms with Gasteiger partial charge in [-0.15, -0.1) is 0 Å². The van der Waals surface area contributed by atoms with E-state index < -0.39 is 11.9 Å². The number of para-hydroxylation sites is 2. The Labute approximate surface area is 265 Å². The molecule has 0 fully saturated rings. The van der Waals surface area contributed by atoms with Crippen molar-refractivity contribution in [2.24, 2.45) is 0 Å². The van der Waals surface area contributed by atoms with E-state index in [0.29, 0.717) is 13.2 Å². The fraction of sp³-hybridized carbons (Fsp3) is 0.286. The van der Waals surface area contributed by atoms with E-state index in [0.717, 1.165) is 62.9 Å². The number of aromatic carboxylic acids is 2. The number of carbonyl (C=O) groups is 2. The summed E-state index contributed by atoms with van der Waals surface area (Å²) >= 11 is 0. The maximum atomic E-state index is 10.3. The zero-order valence-electron chi connectivity index (χ0n) is 24.0. The predicted octanol–water partition coefficient (Wildman–Crippen LogP) is -4.80. The van der Waals surface area contributed by atoms with Gasteiger partial charge in [0.1, 0.15) is 24.7 Å². The van der Waals surface area contributed by atoms with Crippen LogP contribution in [-0.4, -0.2) is 73.2 Å². The van der Waals surface area contributed by atoms with Gasteiger partial charge in [0.25, 0.3) is 0 Å². The fourth-order valence-electron chi connectivity index (χ4n) is 3.65. The van der Waals surface area contributed by atoms with Crippen LogP contribution in [0.2, 0.25) is 0 Å². The van der Waals surface area contributed by atoms with Crippen LogP contribution in [0.5, 0.6) is 11.5 Å². The minimum atomic E-state index is -1.52. The van der Waals surface area contributed by atoms with Gasteiger partial charge in [-0.1, -0.05) is 60.7 Å². The minimum absolute atomic E-state index is 0. The Morgan fingerprint density at radius 2 is 0.864 bits per heavy atom. The molecule has 1 aliphatic heterocycles. The molecule has 0 saturated heterocycles. The molecule has 0 spiro atoms. The van der Waals surface area contributed by atoms with Gasteiger partial charge in [-0.05, 0) is 12.1 Å². The second-order valence-corrected chi connectivity index (χ2v) is 8.14. The Bertz CT molecular complexity index is 1090. The van der Waals surface area contributed by atoms with Crippen molar-refractivity contribution in [3.8, 4) is 11.5 Å². The van der Waals surface area contributed by atoms with Gasteiger partial charge in [0.05, 0.1) is 11.9 Å². The van der Waals surface area contributed by atoms with Crippen molar-refractivity contribution in [1.29, 1.82) is 0 Å². The third-order valence-electron chi connectivity index (χ3n) is 5.50. The topological polar surface area (TPSA) is 327 Å². The van der Waals surface area contributed by atoms with Crippen LogP contribution in [0.4, 0.5) is 0 Å². The second-order valence-electron chi connectivity index (χ2n) is 8.14. The van der Waals surface area contributed by atoms with Gasteiger partial charge < -0.3 is 78.1 Å². The molecule has 17 N–H and O–H groups in total. The number of carbonyl (C=O) groups excluding carboxylic acids is 2. The van der Waals surface area contributed by atoms with Crippen molar-refractivity contribution in [3.63, 3.8) is 0 Å². The van der Waals surface area contributed by atoms with E-state index in [1.165, 1.54) is 23.3 Å². The molecule has 0 unspecified atom stereocenters. The summed E-state index contributed by atoms with van der Waals surface area (Å²) in [4.78, 5) is 20.6. The van der Waals surface area contributed by atoms with Gasteiger partial charge in [0.15, 0.2) is 0 Å². The fourth-order valence-corrected chi connectivity index (χ4v) is 3.65. The zero-order chi connectivity index (χ0) is 26.3. The molecule has 252 valence electrons. The zero-order valence-corrected chi connectivity index (χ0v) is 25.0. The molecule has 0 aliphatic carbocycles. The summed E-state index contributed by atoms with van der Waals surface area (Å²) in [7, 11) is 0. The van der Waals surface area contributed by atoms with Crippen LogP contribution in [0.15, 0.2) is 72.8 Å². The average molecular weight is 674 g/mol. The number of rotatable bonds is 2. The van der Waals surface area contributed by atoms with Crippen molar-refractivity contribution in [2.45, 2.75) is 13.1 Å². The van der Waals surface area contributed by atoms with Crippen LogP contribution in [0.1, 0.15) is 31.8 Å². The van der Waals surface area contributed by atoms with Crippen LogP contribution >= 0.6 is 0 Å². The number of hydrogen-bond acceptors (Lipinski definition) is 9. The largest absolute Gasteiger partial charge is 2.00 e. The molecule has 4 rings (SSSR count). The maximum absolute atomic E-state index is 10.3. The Hall–Kier alpha value is -3.67. The molecule has 0 radical (unpaired) electrons. The first kappa shape index (κ1) is 50.0. The monoisotopic (exact) mass is 673 g/mol. The van der Waals surface area contributed by atoms with Gasteiger partial charge in [0.2, 0.25) is 0 Å². The van der Waals surface area contributed by atoms with Crippen LogP contribution in [0, 0.1) is 0 Å². The van der Waals surface area contributed by atoms with Crippen LogP contribution in [0.25, 0.3) is 0 Å². The smallest absolute Gasteiger partial charge is 0.545 e. The Morgan fingerprint density at radius 1 is 0.545 bits per heavy atom. The molecule has 0 bridgehead atoms. The minimum Gasteiger partial charge on any atom is -0.545 e. The number of carboxylic acids is 2. The average Bonchev–Trinajstić information content (AvgIpc) is 2.91.